The predicted molar refractivity (Wildman–Crippen MR) is 112 cm³/mol. The smallest absolute Gasteiger partial charge is 0.310 e. The van der Waals surface area contributed by atoms with Crippen molar-refractivity contribution < 1.29 is 19.1 Å². The third-order valence-corrected chi connectivity index (χ3v) is 6.86. The van der Waals surface area contributed by atoms with E-state index >= 15 is 0 Å². The summed E-state index contributed by atoms with van der Waals surface area (Å²) in [6.45, 7) is 1.89. The number of anilines is 2. The zero-order valence-corrected chi connectivity index (χ0v) is 17.1. The summed E-state index contributed by atoms with van der Waals surface area (Å²) in [5.41, 5.74) is 2.48. The Morgan fingerprint density at radius 2 is 1.93 bits per heavy atom. The maximum absolute atomic E-state index is 13.0. The lowest BCUT2D eigenvalue weighted by atomic mass is 9.79. The molecule has 1 saturated heterocycles. The summed E-state index contributed by atoms with van der Waals surface area (Å²) in [6, 6.07) is 12.1. The first kappa shape index (κ1) is 19.1. The van der Waals surface area contributed by atoms with E-state index in [1.807, 2.05) is 13.0 Å². The summed E-state index contributed by atoms with van der Waals surface area (Å²) >= 11 is 6.02. The third kappa shape index (κ3) is 3.16. The van der Waals surface area contributed by atoms with Gasteiger partial charge in [0.1, 0.15) is 6.10 Å². The predicted octanol–water partition coefficient (Wildman–Crippen LogP) is 4.04. The standard InChI is InChI=1S/C23H21ClN2O4/c1-11-5-6-14(24)10-17(11)26-21(27)12-3-2-4-15(7-12)25-22(28)19-13-8-16-18(9-13)30-23(29)20(16)19/h2-7,10,13,16,18-20H,8-9H2,1H3,(H,25,28)(H,26,27)/t13-,16+,18+,19-,20-/m1/s1. The molecule has 30 heavy (non-hydrogen) atoms. The minimum absolute atomic E-state index is 0.00137. The second kappa shape index (κ2) is 7.13. The zero-order chi connectivity index (χ0) is 21.0. The number of aryl methyl sites for hydroxylation is 1. The molecule has 2 saturated carbocycles. The molecular formula is C23H21ClN2O4. The van der Waals surface area contributed by atoms with Crippen molar-refractivity contribution in [3.8, 4) is 0 Å². The number of benzene rings is 2. The van der Waals surface area contributed by atoms with E-state index in [-0.39, 0.29) is 47.6 Å². The average Bonchev–Trinajstić information content (AvgIpc) is 3.33. The van der Waals surface area contributed by atoms with E-state index in [0.717, 1.165) is 18.4 Å². The van der Waals surface area contributed by atoms with E-state index in [1.54, 1.807) is 36.4 Å². The first-order valence-electron chi connectivity index (χ1n) is 10.1. The molecule has 2 amide bonds. The zero-order valence-electron chi connectivity index (χ0n) is 16.4. The van der Waals surface area contributed by atoms with E-state index in [4.69, 9.17) is 16.3 Å². The molecule has 2 bridgehead atoms. The first-order chi connectivity index (χ1) is 14.4. The van der Waals surface area contributed by atoms with Gasteiger partial charge in [0.2, 0.25) is 5.91 Å². The van der Waals surface area contributed by atoms with Crippen molar-refractivity contribution in [3.05, 3.63) is 58.6 Å². The third-order valence-electron chi connectivity index (χ3n) is 6.63. The number of carbonyl (C=O) groups is 3. The number of nitrogens with one attached hydrogen (secondary N) is 2. The number of hydrogen-bond acceptors (Lipinski definition) is 4. The minimum Gasteiger partial charge on any atom is -0.462 e. The van der Waals surface area contributed by atoms with Crippen molar-refractivity contribution in [2.24, 2.45) is 23.7 Å². The molecular weight excluding hydrogens is 404 g/mol. The number of halogens is 1. The van der Waals surface area contributed by atoms with Gasteiger partial charge in [0.15, 0.2) is 0 Å². The van der Waals surface area contributed by atoms with Gasteiger partial charge in [-0.3, -0.25) is 14.4 Å². The Labute approximate surface area is 178 Å². The lowest BCUT2D eigenvalue weighted by molar-refractivity contribution is -0.145. The van der Waals surface area contributed by atoms with Crippen molar-refractivity contribution in [1.82, 2.24) is 0 Å². The summed E-state index contributed by atoms with van der Waals surface area (Å²) < 4.78 is 5.41. The van der Waals surface area contributed by atoms with Gasteiger partial charge in [-0.2, -0.15) is 0 Å². The second-order valence-corrected chi connectivity index (χ2v) is 8.84. The average molecular weight is 425 g/mol. The van der Waals surface area contributed by atoms with E-state index in [0.29, 0.717) is 22.0 Å². The van der Waals surface area contributed by atoms with Crippen molar-refractivity contribution >= 4 is 40.8 Å². The maximum atomic E-state index is 13.0. The molecule has 3 aliphatic rings. The van der Waals surface area contributed by atoms with Crippen LogP contribution in [0.3, 0.4) is 0 Å². The summed E-state index contributed by atoms with van der Waals surface area (Å²) in [4.78, 5) is 37.8. The number of carbonyl (C=O) groups excluding carboxylic acids is 3. The summed E-state index contributed by atoms with van der Waals surface area (Å²) in [6.07, 6.45) is 1.64. The van der Waals surface area contributed by atoms with Gasteiger partial charge in [-0.15, -0.1) is 0 Å². The van der Waals surface area contributed by atoms with Crippen LogP contribution in [-0.4, -0.2) is 23.9 Å². The van der Waals surface area contributed by atoms with Crippen LogP contribution in [0.4, 0.5) is 11.4 Å². The maximum Gasteiger partial charge on any atom is 0.310 e. The van der Waals surface area contributed by atoms with Crippen LogP contribution in [0.15, 0.2) is 42.5 Å². The van der Waals surface area contributed by atoms with Gasteiger partial charge in [-0.05, 0) is 61.6 Å². The Bertz CT molecular complexity index is 1070. The van der Waals surface area contributed by atoms with Gasteiger partial charge in [0, 0.05) is 27.9 Å². The lowest BCUT2D eigenvalue weighted by Gasteiger charge is -2.23. The van der Waals surface area contributed by atoms with Crippen LogP contribution >= 0.6 is 11.6 Å². The fourth-order valence-corrected chi connectivity index (χ4v) is 5.42. The Kier molecular flexibility index (Phi) is 4.54. The van der Waals surface area contributed by atoms with Crippen LogP contribution in [0.1, 0.15) is 28.8 Å². The number of amides is 2. The molecule has 6 nitrogen and oxygen atoms in total. The molecule has 2 aromatic rings. The number of hydrogen-bond donors (Lipinski definition) is 2. The van der Waals surface area contributed by atoms with E-state index in [2.05, 4.69) is 10.6 Å². The second-order valence-electron chi connectivity index (χ2n) is 8.41. The van der Waals surface area contributed by atoms with Crippen LogP contribution in [0, 0.1) is 30.6 Å². The summed E-state index contributed by atoms with van der Waals surface area (Å²) in [5.74, 6) is -1.02. The molecule has 0 spiro atoms. The highest BCUT2D eigenvalue weighted by molar-refractivity contribution is 6.31. The highest BCUT2D eigenvalue weighted by Gasteiger charge is 2.63. The molecule has 2 aromatic carbocycles. The molecule has 1 aliphatic heterocycles. The van der Waals surface area contributed by atoms with Crippen LogP contribution < -0.4 is 10.6 Å². The molecule has 5 rings (SSSR count). The Morgan fingerprint density at radius 3 is 2.77 bits per heavy atom. The Balaban J connectivity index is 1.30. The molecule has 2 N–H and O–H groups in total. The Hall–Kier alpha value is -2.86. The van der Waals surface area contributed by atoms with Gasteiger partial charge >= 0.3 is 5.97 Å². The number of rotatable bonds is 4. The highest BCUT2D eigenvalue weighted by Crippen LogP contribution is 2.57. The fourth-order valence-electron chi connectivity index (χ4n) is 5.25. The quantitative estimate of drug-likeness (QED) is 0.725. The van der Waals surface area contributed by atoms with Gasteiger partial charge in [-0.25, -0.2) is 0 Å². The highest BCUT2D eigenvalue weighted by atomic mass is 35.5. The molecule has 3 fully saturated rings. The number of esters is 1. The van der Waals surface area contributed by atoms with Crippen LogP contribution in [0.25, 0.3) is 0 Å². The molecule has 1 heterocycles. The van der Waals surface area contributed by atoms with Gasteiger partial charge in [0.05, 0.1) is 11.8 Å². The van der Waals surface area contributed by atoms with Crippen molar-refractivity contribution in [2.75, 3.05) is 10.6 Å². The van der Waals surface area contributed by atoms with E-state index in [1.165, 1.54) is 0 Å². The minimum atomic E-state index is -0.354. The van der Waals surface area contributed by atoms with Gasteiger partial charge < -0.3 is 15.4 Å². The largest absolute Gasteiger partial charge is 0.462 e. The molecule has 0 radical (unpaired) electrons. The fraction of sp³-hybridized carbons (Fsp3) is 0.348. The molecule has 0 aromatic heterocycles. The van der Waals surface area contributed by atoms with Crippen molar-refractivity contribution in [3.63, 3.8) is 0 Å². The van der Waals surface area contributed by atoms with E-state index < -0.39 is 0 Å². The summed E-state index contributed by atoms with van der Waals surface area (Å²) in [5, 5.41) is 6.30. The van der Waals surface area contributed by atoms with Gasteiger partial charge in [0.25, 0.3) is 5.91 Å². The molecule has 5 atom stereocenters. The van der Waals surface area contributed by atoms with Crippen LogP contribution in [0.5, 0.6) is 0 Å². The van der Waals surface area contributed by atoms with Crippen LogP contribution in [-0.2, 0) is 14.3 Å². The van der Waals surface area contributed by atoms with E-state index in [9.17, 15) is 14.4 Å². The summed E-state index contributed by atoms with van der Waals surface area (Å²) in [7, 11) is 0. The number of fused-ring (bicyclic) bond motifs is 1. The van der Waals surface area contributed by atoms with Crippen molar-refractivity contribution in [1.29, 1.82) is 0 Å². The number of ether oxygens (including phenoxy) is 1. The lowest BCUT2D eigenvalue weighted by Crippen LogP contribution is -2.35. The molecule has 2 aliphatic carbocycles. The van der Waals surface area contributed by atoms with Gasteiger partial charge in [-0.1, -0.05) is 23.7 Å². The topological polar surface area (TPSA) is 84.5 Å². The Morgan fingerprint density at radius 1 is 1.10 bits per heavy atom. The molecule has 7 heteroatoms. The molecule has 154 valence electrons. The SMILES string of the molecule is Cc1ccc(Cl)cc1NC(=O)c1cccc(NC(=O)[C@@H]2[C@@H]3C[C@@H]4[C@H]2C(=O)O[C@H]4C3)c1. The monoisotopic (exact) mass is 424 g/mol. The first-order valence-corrected chi connectivity index (χ1v) is 10.5. The van der Waals surface area contributed by atoms with Crippen LogP contribution in [0.2, 0.25) is 5.02 Å². The normalized spacial score (nSPS) is 28.3. The van der Waals surface area contributed by atoms with Crippen molar-refractivity contribution in [2.45, 2.75) is 25.9 Å². The molecule has 0 unspecified atom stereocenters.